The van der Waals surface area contributed by atoms with Gasteiger partial charge in [-0.3, -0.25) is 0 Å². The van der Waals surface area contributed by atoms with E-state index < -0.39 is 9.84 Å². The molecule has 0 N–H and O–H groups in total. The maximum atomic E-state index is 11.2. The molecule has 0 aromatic rings. The van der Waals surface area contributed by atoms with Crippen LogP contribution in [0.4, 0.5) is 0 Å². The molecule has 1 rings (SSSR count). The van der Waals surface area contributed by atoms with E-state index in [2.05, 4.69) is 6.92 Å². The fourth-order valence-electron chi connectivity index (χ4n) is 1.84. The Bertz CT molecular complexity index is 219. The second kappa shape index (κ2) is 4.26. The maximum Gasteiger partial charge on any atom is 0.150 e. The summed E-state index contributed by atoms with van der Waals surface area (Å²) < 4.78 is 22.4. The van der Waals surface area contributed by atoms with Crippen LogP contribution in [0.3, 0.4) is 0 Å². The Hall–Kier alpha value is -0.0500. The molecule has 0 saturated carbocycles. The van der Waals surface area contributed by atoms with Gasteiger partial charge in [0.05, 0.1) is 11.5 Å². The van der Waals surface area contributed by atoms with Gasteiger partial charge in [-0.2, -0.15) is 0 Å². The lowest BCUT2D eigenvalue weighted by molar-refractivity contribution is 0.444. The van der Waals surface area contributed by atoms with Crippen LogP contribution in [0.1, 0.15) is 39.0 Å². The molecule has 1 fully saturated rings. The third-order valence-corrected chi connectivity index (χ3v) is 4.41. The first-order chi connectivity index (χ1) is 5.64. The van der Waals surface area contributed by atoms with E-state index in [1.165, 1.54) is 12.8 Å². The minimum atomic E-state index is -2.66. The molecule has 0 radical (unpaired) electrons. The van der Waals surface area contributed by atoms with Crippen molar-refractivity contribution in [3.63, 3.8) is 0 Å². The molecule has 0 aromatic carbocycles. The molecule has 12 heavy (non-hydrogen) atoms. The van der Waals surface area contributed by atoms with Gasteiger partial charge in [0.15, 0.2) is 9.84 Å². The highest BCUT2D eigenvalue weighted by Gasteiger charge is 2.23. The number of unbranched alkanes of at least 4 members (excludes halogenated alkanes) is 1. The zero-order valence-electron chi connectivity index (χ0n) is 7.75. The molecule has 0 bridgehead atoms. The molecule has 2 nitrogen and oxygen atoms in total. The fraction of sp³-hybridized carbons (Fsp3) is 1.00. The Labute approximate surface area is 75.3 Å². The second-order valence-electron chi connectivity index (χ2n) is 3.76. The van der Waals surface area contributed by atoms with Crippen molar-refractivity contribution in [2.45, 2.75) is 39.0 Å². The van der Waals surface area contributed by atoms with Crippen LogP contribution in [0.2, 0.25) is 0 Å². The van der Waals surface area contributed by atoms with Gasteiger partial charge in [0, 0.05) is 0 Å². The van der Waals surface area contributed by atoms with Gasteiger partial charge in [0.25, 0.3) is 0 Å². The lowest BCUT2D eigenvalue weighted by atomic mass is 9.99. The van der Waals surface area contributed by atoms with Gasteiger partial charge in [-0.15, -0.1) is 0 Å². The van der Waals surface area contributed by atoms with E-state index in [9.17, 15) is 8.42 Å². The Kier molecular flexibility index (Phi) is 3.56. The zero-order valence-corrected chi connectivity index (χ0v) is 8.57. The van der Waals surface area contributed by atoms with E-state index in [0.717, 1.165) is 19.3 Å². The molecule has 1 heterocycles. The fourth-order valence-corrected chi connectivity index (χ4v) is 3.66. The first-order valence-electron chi connectivity index (χ1n) is 4.84. The van der Waals surface area contributed by atoms with Gasteiger partial charge in [0.1, 0.15) is 0 Å². The van der Waals surface area contributed by atoms with Crippen LogP contribution < -0.4 is 0 Å². The first kappa shape index (κ1) is 10.0. The Morgan fingerprint density at radius 2 is 2.17 bits per heavy atom. The van der Waals surface area contributed by atoms with E-state index >= 15 is 0 Å². The minimum Gasteiger partial charge on any atom is -0.229 e. The van der Waals surface area contributed by atoms with E-state index in [0.29, 0.717) is 17.4 Å². The van der Waals surface area contributed by atoms with Crippen LogP contribution in [-0.4, -0.2) is 19.9 Å². The van der Waals surface area contributed by atoms with Crippen molar-refractivity contribution in [1.29, 1.82) is 0 Å². The van der Waals surface area contributed by atoms with Crippen LogP contribution in [-0.2, 0) is 9.84 Å². The van der Waals surface area contributed by atoms with Gasteiger partial charge < -0.3 is 0 Å². The monoisotopic (exact) mass is 190 g/mol. The van der Waals surface area contributed by atoms with E-state index in [-0.39, 0.29) is 0 Å². The molecule has 1 atom stereocenters. The smallest absolute Gasteiger partial charge is 0.150 e. The van der Waals surface area contributed by atoms with Gasteiger partial charge in [0.2, 0.25) is 0 Å². The summed E-state index contributed by atoms with van der Waals surface area (Å²) in [7, 11) is -2.66. The third kappa shape index (κ3) is 3.13. The van der Waals surface area contributed by atoms with E-state index in [1.54, 1.807) is 0 Å². The van der Waals surface area contributed by atoms with Crippen LogP contribution in [0.5, 0.6) is 0 Å². The van der Waals surface area contributed by atoms with Crippen molar-refractivity contribution in [2.75, 3.05) is 11.5 Å². The minimum absolute atomic E-state index is 0.426. The molecule has 0 aliphatic carbocycles. The Balaban J connectivity index is 2.36. The summed E-state index contributed by atoms with van der Waals surface area (Å²) in [6.07, 6.45) is 5.47. The normalized spacial score (nSPS) is 28.6. The highest BCUT2D eigenvalue weighted by atomic mass is 32.2. The van der Waals surface area contributed by atoms with Crippen molar-refractivity contribution in [3.05, 3.63) is 0 Å². The predicted octanol–water partition coefficient (Wildman–Crippen LogP) is 2.00. The Morgan fingerprint density at radius 1 is 1.42 bits per heavy atom. The van der Waals surface area contributed by atoms with E-state index in [4.69, 9.17) is 0 Å². The highest BCUT2D eigenvalue weighted by Crippen LogP contribution is 2.22. The van der Waals surface area contributed by atoms with Crippen LogP contribution in [0.25, 0.3) is 0 Å². The van der Waals surface area contributed by atoms with Crippen molar-refractivity contribution >= 4 is 9.84 Å². The van der Waals surface area contributed by atoms with Crippen LogP contribution in [0, 0.1) is 5.92 Å². The average molecular weight is 190 g/mol. The molecule has 0 aromatic heterocycles. The highest BCUT2D eigenvalue weighted by molar-refractivity contribution is 7.91. The topological polar surface area (TPSA) is 34.1 Å². The summed E-state index contributed by atoms with van der Waals surface area (Å²) in [5, 5.41) is 0. The number of hydrogen-bond acceptors (Lipinski definition) is 2. The summed E-state index contributed by atoms with van der Waals surface area (Å²) in [6, 6.07) is 0. The molecule has 1 unspecified atom stereocenters. The van der Waals surface area contributed by atoms with Crippen LogP contribution in [0.15, 0.2) is 0 Å². The predicted molar refractivity (Wildman–Crippen MR) is 50.9 cm³/mol. The van der Waals surface area contributed by atoms with Gasteiger partial charge in [-0.1, -0.05) is 19.8 Å². The van der Waals surface area contributed by atoms with Crippen molar-refractivity contribution in [2.24, 2.45) is 5.92 Å². The molecule has 1 aliphatic heterocycles. The molecule has 72 valence electrons. The van der Waals surface area contributed by atoms with Gasteiger partial charge in [-0.05, 0) is 25.2 Å². The van der Waals surface area contributed by atoms with Crippen LogP contribution >= 0.6 is 0 Å². The van der Waals surface area contributed by atoms with Crippen molar-refractivity contribution in [1.82, 2.24) is 0 Å². The lowest BCUT2D eigenvalue weighted by Gasteiger charge is -2.21. The number of rotatable bonds is 3. The second-order valence-corrected chi connectivity index (χ2v) is 5.99. The molecule has 3 heteroatoms. The summed E-state index contributed by atoms with van der Waals surface area (Å²) in [5.41, 5.74) is 0. The molecule has 0 spiro atoms. The largest absolute Gasteiger partial charge is 0.229 e. The third-order valence-electron chi connectivity index (χ3n) is 2.52. The molecule has 0 amide bonds. The number of hydrogen-bond donors (Lipinski definition) is 0. The molecular weight excluding hydrogens is 172 g/mol. The molecule has 1 saturated heterocycles. The van der Waals surface area contributed by atoms with E-state index in [1.807, 2.05) is 0 Å². The maximum absolute atomic E-state index is 11.2. The number of sulfone groups is 1. The van der Waals surface area contributed by atoms with Gasteiger partial charge >= 0.3 is 0 Å². The summed E-state index contributed by atoms with van der Waals surface area (Å²) >= 11 is 0. The lowest BCUT2D eigenvalue weighted by Crippen LogP contribution is -2.24. The summed E-state index contributed by atoms with van der Waals surface area (Å²) in [5.74, 6) is 1.34. The molecular formula is C9H18O2S. The standard InChI is InChI=1S/C9H18O2S/c1-2-3-5-9-6-4-7-12(10,11)8-9/h9H,2-8H2,1H3. The van der Waals surface area contributed by atoms with Crippen molar-refractivity contribution in [3.8, 4) is 0 Å². The first-order valence-corrected chi connectivity index (χ1v) is 6.66. The average Bonchev–Trinajstić information content (AvgIpc) is 1.99. The van der Waals surface area contributed by atoms with Crippen molar-refractivity contribution < 1.29 is 8.42 Å². The van der Waals surface area contributed by atoms with Gasteiger partial charge in [-0.25, -0.2) is 8.42 Å². The zero-order chi connectivity index (χ0) is 9.03. The molecule has 1 aliphatic rings. The Morgan fingerprint density at radius 3 is 2.75 bits per heavy atom. The summed E-state index contributed by atoms with van der Waals surface area (Å²) in [4.78, 5) is 0. The quantitative estimate of drug-likeness (QED) is 0.682. The summed E-state index contributed by atoms with van der Waals surface area (Å²) in [6.45, 7) is 2.15. The SMILES string of the molecule is CCCCC1CCCS(=O)(=O)C1.